The molecule has 1 aromatic heterocycles. The molecule has 0 radical (unpaired) electrons. The Bertz CT molecular complexity index is 920. The van der Waals surface area contributed by atoms with E-state index in [0.29, 0.717) is 11.8 Å². The van der Waals surface area contributed by atoms with Crippen molar-refractivity contribution in [2.24, 2.45) is 7.05 Å². The number of hydrogen-bond donors (Lipinski definition) is 1. The second-order valence-electron chi connectivity index (χ2n) is 6.10. The summed E-state index contributed by atoms with van der Waals surface area (Å²) in [6.07, 6.45) is -0.575. The molecule has 25 heavy (non-hydrogen) atoms. The molecule has 0 spiro atoms. The maximum absolute atomic E-state index is 12.7. The Morgan fingerprint density at radius 1 is 1.12 bits per heavy atom. The molecule has 0 saturated carbocycles. The summed E-state index contributed by atoms with van der Waals surface area (Å²) in [5.74, 6) is 1.49. The topological polar surface area (TPSA) is 69.0 Å². The lowest BCUT2D eigenvalue weighted by molar-refractivity contribution is -0.122. The van der Waals surface area contributed by atoms with Crippen LogP contribution in [0.3, 0.4) is 0 Å². The van der Waals surface area contributed by atoms with E-state index < -0.39 is 6.10 Å². The second-order valence-corrected chi connectivity index (χ2v) is 6.10. The SMILES string of the molecule is C[C@@H]1c2ccccc2O[C@@H]1C(=O)Nc1nc(-c2ccccc2)nn1C. The van der Waals surface area contributed by atoms with Gasteiger partial charge in [0, 0.05) is 24.1 Å². The number of carbonyl (C=O) groups excluding carboxylic acids is 1. The van der Waals surface area contributed by atoms with E-state index in [1.807, 2.05) is 61.5 Å². The number of anilines is 1. The molecule has 1 N–H and O–H groups in total. The molecule has 0 aliphatic carbocycles. The normalized spacial score (nSPS) is 18.5. The minimum atomic E-state index is -0.575. The predicted octanol–water partition coefficient (Wildman–Crippen LogP) is 2.99. The molecule has 126 valence electrons. The van der Waals surface area contributed by atoms with Gasteiger partial charge in [-0.25, -0.2) is 4.68 Å². The molecule has 0 unspecified atom stereocenters. The number of aromatic nitrogens is 3. The highest BCUT2D eigenvalue weighted by atomic mass is 16.5. The van der Waals surface area contributed by atoms with Crippen molar-refractivity contribution in [3.63, 3.8) is 0 Å². The predicted molar refractivity (Wildman–Crippen MR) is 94.3 cm³/mol. The number of carbonyl (C=O) groups is 1. The van der Waals surface area contributed by atoms with Crippen LogP contribution in [0.25, 0.3) is 11.4 Å². The van der Waals surface area contributed by atoms with E-state index >= 15 is 0 Å². The van der Waals surface area contributed by atoms with E-state index in [9.17, 15) is 4.79 Å². The van der Waals surface area contributed by atoms with Gasteiger partial charge in [-0.15, -0.1) is 5.10 Å². The number of para-hydroxylation sites is 1. The monoisotopic (exact) mass is 334 g/mol. The molecular weight excluding hydrogens is 316 g/mol. The molecule has 1 aliphatic heterocycles. The maximum atomic E-state index is 12.7. The van der Waals surface area contributed by atoms with Gasteiger partial charge in [0.15, 0.2) is 11.9 Å². The van der Waals surface area contributed by atoms with Gasteiger partial charge in [-0.05, 0) is 6.07 Å². The summed E-state index contributed by atoms with van der Waals surface area (Å²) < 4.78 is 7.38. The third-order valence-corrected chi connectivity index (χ3v) is 4.41. The highest BCUT2D eigenvalue weighted by molar-refractivity contribution is 5.94. The number of aryl methyl sites for hydroxylation is 1. The van der Waals surface area contributed by atoms with Gasteiger partial charge in [0.25, 0.3) is 5.91 Å². The van der Waals surface area contributed by atoms with E-state index in [0.717, 1.165) is 16.9 Å². The summed E-state index contributed by atoms with van der Waals surface area (Å²) in [5, 5.41) is 7.20. The van der Waals surface area contributed by atoms with Crippen molar-refractivity contribution in [3.8, 4) is 17.1 Å². The molecule has 2 atom stereocenters. The van der Waals surface area contributed by atoms with E-state index in [4.69, 9.17) is 4.74 Å². The lowest BCUT2D eigenvalue weighted by atomic mass is 9.97. The number of rotatable bonds is 3. The van der Waals surface area contributed by atoms with Crippen LogP contribution in [0.15, 0.2) is 54.6 Å². The summed E-state index contributed by atoms with van der Waals surface area (Å²) in [5.41, 5.74) is 1.95. The molecule has 1 amide bonds. The standard InChI is InChI=1S/C19H18N4O2/c1-12-14-10-6-7-11-15(14)25-16(12)18(24)21-19-20-17(22-23(19)2)13-8-4-3-5-9-13/h3-12,16H,1-2H3,(H,20,21,22,24)/t12-,16+/m1/s1. The highest BCUT2D eigenvalue weighted by Gasteiger charge is 2.36. The third-order valence-electron chi connectivity index (χ3n) is 4.41. The molecule has 3 aromatic rings. The largest absolute Gasteiger partial charge is 0.480 e. The molecule has 1 aliphatic rings. The molecule has 6 heteroatoms. The van der Waals surface area contributed by atoms with Crippen molar-refractivity contribution in [1.29, 1.82) is 0 Å². The first-order valence-electron chi connectivity index (χ1n) is 8.16. The van der Waals surface area contributed by atoms with Crippen LogP contribution < -0.4 is 10.1 Å². The lowest BCUT2D eigenvalue weighted by Gasteiger charge is -2.14. The minimum absolute atomic E-state index is 0.0157. The maximum Gasteiger partial charge on any atom is 0.268 e. The second kappa shape index (κ2) is 6.05. The lowest BCUT2D eigenvalue weighted by Crippen LogP contribution is -2.34. The summed E-state index contributed by atoms with van der Waals surface area (Å²) in [4.78, 5) is 17.1. The van der Waals surface area contributed by atoms with Crippen LogP contribution in [0.5, 0.6) is 5.75 Å². The highest BCUT2D eigenvalue weighted by Crippen LogP contribution is 2.37. The molecule has 4 rings (SSSR count). The van der Waals surface area contributed by atoms with Crippen LogP contribution in [0.4, 0.5) is 5.95 Å². The van der Waals surface area contributed by atoms with Gasteiger partial charge >= 0.3 is 0 Å². The van der Waals surface area contributed by atoms with E-state index in [2.05, 4.69) is 15.4 Å². The average Bonchev–Trinajstić information content (AvgIpc) is 3.17. The quantitative estimate of drug-likeness (QED) is 0.799. The van der Waals surface area contributed by atoms with Crippen LogP contribution in [0, 0.1) is 0 Å². The first-order chi connectivity index (χ1) is 12.1. The summed E-state index contributed by atoms with van der Waals surface area (Å²) >= 11 is 0. The molecular formula is C19H18N4O2. The zero-order valence-corrected chi connectivity index (χ0v) is 14.0. The summed E-state index contributed by atoms with van der Waals surface area (Å²) in [7, 11) is 1.75. The number of nitrogens with zero attached hydrogens (tertiary/aromatic N) is 3. The number of hydrogen-bond acceptors (Lipinski definition) is 4. The average molecular weight is 334 g/mol. The Labute approximate surface area is 145 Å². The smallest absolute Gasteiger partial charge is 0.268 e. The Kier molecular flexibility index (Phi) is 3.72. The van der Waals surface area contributed by atoms with Crippen LogP contribution in [-0.4, -0.2) is 26.8 Å². The van der Waals surface area contributed by atoms with Crippen LogP contribution in [0.1, 0.15) is 18.4 Å². The van der Waals surface area contributed by atoms with Crippen LogP contribution in [-0.2, 0) is 11.8 Å². The van der Waals surface area contributed by atoms with Gasteiger partial charge in [-0.1, -0.05) is 55.5 Å². The zero-order valence-electron chi connectivity index (χ0n) is 14.0. The van der Waals surface area contributed by atoms with Gasteiger partial charge in [-0.2, -0.15) is 4.98 Å². The Morgan fingerprint density at radius 2 is 1.84 bits per heavy atom. The van der Waals surface area contributed by atoms with Crippen molar-refractivity contribution < 1.29 is 9.53 Å². The molecule has 0 bridgehead atoms. The fraction of sp³-hybridized carbons (Fsp3) is 0.211. The fourth-order valence-electron chi connectivity index (χ4n) is 3.03. The van der Waals surface area contributed by atoms with E-state index in [1.54, 1.807) is 11.7 Å². The summed E-state index contributed by atoms with van der Waals surface area (Å²) in [6, 6.07) is 17.4. The van der Waals surface area contributed by atoms with Crippen molar-refractivity contribution >= 4 is 11.9 Å². The fourth-order valence-corrected chi connectivity index (χ4v) is 3.03. The number of amides is 1. The van der Waals surface area contributed by atoms with Gasteiger partial charge in [-0.3, -0.25) is 10.1 Å². The number of ether oxygens (including phenoxy) is 1. The van der Waals surface area contributed by atoms with Crippen LogP contribution >= 0.6 is 0 Å². The van der Waals surface area contributed by atoms with Gasteiger partial charge in [0.2, 0.25) is 5.95 Å². The minimum Gasteiger partial charge on any atom is -0.480 e. The number of benzene rings is 2. The van der Waals surface area contributed by atoms with Crippen LogP contribution in [0.2, 0.25) is 0 Å². The molecule has 0 saturated heterocycles. The molecule has 6 nitrogen and oxygen atoms in total. The van der Waals surface area contributed by atoms with Crippen molar-refractivity contribution in [2.75, 3.05) is 5.32 Å². The molecule has 0 fully saturated rings. The number of nitrogens with one attached hydrogen (secondary N) is 1. The zero-order chi connectivity index (χ0) is 17.4. The van der Waals surface area contributed by atoms with Crippen molar-refractivity contribution in [2.45, 2.75) is 18.9 Å². The third kappa shape index (κ3) is 2.76. The molecule has 2 aromatic carbocycles. The Morgan fingerprint density at radius 3 is 2.60 bits per heavy atom. The van der Waals surface area contributed by atoms with Gasteiger partial charge in [0.1, 0.15) is 5.75 Å². The van der Waals surface area contributed by atoms with Crippen molar-refractivity contribution in [1.82, 2.24) is 14.8 Å². The Hall–Kier alpha value is -3.15. The van der Waals surface area contributed by atoms with Gasteiger partial charge < -0.3 is 4.74 Å². The van der Waals surface area contributed by atoms with Crippen molar-refractivity contribution in [3.05, 3.63) is 60.2 Å². The first-order valence-corrected chi connectivity index (χ1v) is 8.16. The summed E-state index contributed by atoms with van der Waals surface area (Å²) in [6.45, 7) is 1.99. The molecule has 2 heterocycles. The van der Waals surface area contributed by atoms with E-state index in [1.165, 1.54) is 0 Å². The Balaban J connectivity index is 1.54. The first kappa shape index (κ1) is 15.4. The van der Waals surface area contributed by atoms with E-state index in [-0.39, 0.29) is 11.8 Å². The van der Waals surface area contributed by atoms with Gasteiger partial charge in [0.05, 0.1) is 0 Å². The number of fused-ring (bicyclic) bond motifs is 1.